The van der Waals surface area contributed by atoms with Gasteiger partial charge in [0.15, 0.2) is 0 Å². The second-order valence-electron chi connectivity index (χ2n) is 8.08. The van der Waals surface area contributed by atoms with Crippen molar-refractivity contribution in [3.8, 4) is 0 Å². The zero-order valence-corrected chi connectivity index (χ0v) is 20.5. The smallest absolute Gasteiger partial charge is 0.242 e. The number of thioether (sulfide) groups is 1. The van der Waals surface area contributed by atoms with Crippen LogP contribution in [0, 0.1) is 11.7 Å². The highest BCUT2D eigenvalue weighted by molar-refractivity contribution is 7.99. The SMILES string of the molecule is CCC(C(=O)NCC(C)C)N(CCc1ccccc1)C(=O)CSCc1c(F)cccc1Cl. The first kappa shape index (κ1) is 26.2. The number of carbonyl (C=O) groups excluding carboxylic acids is 2. The van der Waals surface area contributed by atoms with Gasteiger partial charge in [0, 0.05) is 29.4 Å². The molecular formula is C25H32ClFN2O2S. The molecule has 1 atom stereocenters. The fourth-order valence-corrected chi connectivity index (χ4v) is 4.56. The Kier molecular flexibility index (Phi) is 11.0. The van der Waals surface area contributed by atoms with Crippen LogP contribution in [0.25, 0.3) is 0 Å². The summed E-state index contributed by atoms with van der Waals surface area (Å²) < 4.78 is 14.0. The van der Waals surface area contributed by atoms with Crippen LogP contribution in [0.1, 0.15) is 38.3 Å². The number of amides is 2. The van der Waals surface area contributed by atoms with Crippen LogP contribution in [0.4, 0.5) is 4.39 Å². The van der Waals surface area contributed by atoms with Crippen LogP contribution in [0.15, 0.2) is 48.5 Å². The molecule has 1 N–H and O–H groups in total. The third kappa shape index (κ3) is 8.14. The van der Waals surface area contributed by atoms with Crippen molar-refractivity contribution in [2.75, 3.05) is 18.8 Å². The minimum atomic E-state index is -0.539. The van der Waals surface area contributed by atoms with Gasteiger partial charge >= 0.3 is 0 Å². The van der Waals surface area contributed by atoms with Crippen LogP contribution in [0.2, 0.25) is 5.02 Å². The molecule has 0 aromatic heterocycles. The van der Waals surface area contributed by atoms with Crippen LogP contribution >= 0.6 is 23.4 Å². The third-order valence-electron chi connectivity index (χ3n) is 5.09. The van der Waals surface area contributed by atoms with Crippen molar-refractivity contribution in [3.05, 3.63) is 70.5 Å². The maximum absolute atomic E-state index is 14.0. The van der Waals surface area contributed by atoms with Crippen LogP contribution in [-0.2, 0) is 21.8 Å². The van der Waals surface area contributed by atoms with Crippen molar-refractivity contribution in [2.45, 2.75) is 45.4 Å². The van der Waals surface area contributed by atoms with Gasteiger partial charge in [-0.2, -0.15) is 0 Å². The molecule has 2 aromatic rings. The molecule has 2 amide bonds. The molecule has 174 valence electrons. The summed E-state index contributed by atoms with van der Waals surface area (Å²) in [6, 6.07) is 13.9. The van der Waals surface area contributed by atoms with E-state index in [0.29, 0.717) is 48.2 Å². The lowest BCUT2D eigenvalue weighted by molar-refractivity contribution is -0.138. The highest BCUT2D eigenvalue weighted by atomic mass is 35.5. The minimum Gasteiger partial charge on any atom is -0.354 e. The van der Waals surface area contributed by atoms with Gasteiger partial charge in [-0.25, -0.2) is 4.39 Å². The number of carbonyl (C=O) groups is 2. The van der Waals surface area contributed by atoms with Crippen molar-refractivity contribution in [1.29, 1.82) is 0 Å². The number of benzene rings is 2. The lowest BCUT2D eigenvalue weighted by Crippen LogP contribution is -2.51. The van der Waals surface area contributed by atoms with Crippen LogP contribution in [0.3, 0.4) is 0 Å². The first-order valence-corrected chi connectivity index (χ1v) is 12.5. The van der Waals surface area contributed by atoms with Crippen LogP contribution < -0.4 is 5.32 Å². The van der Waals surface area contributed by atoms with Crippen LogP contribution in [-0.4, -0.2) is 41.6 Å². The van der Waals surface area contributed by atoms with E-state index in [0.717, 1.165) is 5.56 Å². The van der Waals surface area contributed by atoms with E-state index in [1.165, 1.54) is 17.8 Å². The Bertz CT molecular complexity index is 859. The van der Waals surface area contributed by atoms with Crippen molar-refractivity contribution < 1.29 is 14.0 Å². The zero-order chi connectivity index (χ0) is 23.5. The molecule has 0 aliphatic rings. The fourth-order valence-electron chi connectivity index (χ4n) is 3.31. The van der Waals surface area contributed by atoms with Gasteiger partial charge in [0.05, 0.1) is 5.75 Å². The Morgan fingerprint density at radius 3 is 2.47 bits per heavy atom. The molecule has 0 aliphatic heterocycles. The van der Waals surface area contributed by atoms with Gasteiger partial charge in [-0.1, -0.05) is 68.8 Å². The second kappa shape index (κ2) is 13.5. The summed E-state index contributed by atoms with van der Waals surface area (Å²) in [6.45, 7) is 6.98. The highest BCUT2D eigenvalue weighted by Gasteiger charge is 2.28. The van der Waals surface area contributed by atoms with Gasteiger partial charge in [0.1, 0.15) is 11.9 Å². The maximum atomic E-state index is 14.0. The van der Waals surface area contributed by atoms with E-state index in [2.05, 4.69) is 5.32 Å². The second-order valence-corrected chi connectivity index (χ2v) is 9.47. The average Bonchev–Trinajstić information content (AvgIpc) is 2.77. The molecule has 2 rings (SSSR count). The first-order valence-electron chi connectivity index (χ1n) is 10.9. The Labute approximate surface area is 199 Å². The molecule has 0 saturated carbocycles. The standard InChI is InChI=1S/C25H32ClFN2O2S/c1-4-23(25(31)28-15-18(2)3)29(14-13-19-9-6-5-7-10-19)24(30)17-32-16-20-21(26)11-8-12-22(20)27/h5-12,18,23H,4,13-17H2,1-3H3,(H,28,31). The van der Waals surface area contributed by atoms with E-state index >= 15 is 0 Å². The number of nitrogens with zero attached hydrogens (tertiary/aromatic N) is 1. The largest absolute Gasteiger partial charge is 0.354 e. The van der Waals surface area contributed by atoms with Crippen LogP contribution in [0.5, 0.6) is 0 Å². The molecular weight excluding hydrogens is 447 g/mol. The summed E-state index contributed by atoms with van der Waals surface area (Å²) >= 11 is 7.40. The number of nitrogens with one attached hydrogen (secondary N) is 1. The van der Waals surface area contributed by atoms with Crippen molar-refractivity contribution in [1.82, 2.24) is 10.2 Å². The molecule has 7 heteroatoms. The zero-order valence-electron chi connectivity index (χ0n) is 18.9. The predicted molar refractivity (Wildman–Crippen MR) is 131 cm³/mol. The summed E-state index contributed by atoms with van der Waals surface area (Å²) in [6.07, 6.45) is 1.18. The van der Waals surface area contributed by atoms with Gasteiger partial charge < -0.3 is 10.2 Å². The van der Waals surface area contributed by atoms with Gasteiger partial charge in [-0.3, -0.25) is 9.59 Å². The summed E-state index contributed by atoms with van der Waals surface area (Å²) in [5, 5.41) is 3.31. The topological polar surface area (TPSA) is 49.4 Å². The number of halogens is 2. The normalized spacial score (nSPS) is 11.9. The quantitative estimate of drug-likeness (QED) is 0.448. The molecule has 0 radical (unpaired) electrons. The summed E-state index contributed by atoms with van der Waals surface area (Å²) in [4.78, 5) is 27.7. The lowest BCUT2D eigenvalue weighted by Gasteiger charge is -2.31. The molecule has 2 aromatic carbocycles. The molecule has 1 unspecified atom stereocenters. The van der Waals surface area contributed by atoms with Gasteiger partial charge in [-0.05, 0) is 36.5 Å². The highest BCUT2D eigenvalue weighted by Crippen LogP contribution is 2.24. The maximum Gasteiger partial charge on any atom is 0.242 e. The Hall–Kier alpha value is -2.05. The molecule has 0 fully saturated rings. The molecule has 0 spiro atoms. The van der Waals surface area contributed by atoms with Crippen molar-refractivity contribution >= 4 is 35.2 Å². The molecule has 4 nitrogen and oxygen atoms in total. The predicted octanol–water partition coefficient (Wildman–Crippen LogP) is 5.33. The average molecular weight is 479 g/mol. The Balaban J connectivity index is 2.08. The van der Waals surface area contributed by atoms with Crippen molar-refractivity contribution in [2.24, 2.45) is 5.92 Å². The monoisotopic (exact) mass is 478 g/mol. The number of hydrogen-bond donors (Lipinski definition) is 1. The number of hydrogen-bond acceptors (Lipinski definition) is 3. The van der Waals surface area contributed by atoms with Gasteiger partial charge in [0.25, 0.3) is 0 Å². The van der Waals surface area contributed by atoms with E-state index in [4.69, 9.17) is 11.6 Å². The fraction of sp³-hybridized carbons (Fsp3) is 0.440. The Morgan fingerprint density at radius 2 is 1.84 bits per heavy atom. The minimum absolute atomic E-state index is 0.134. The summed E-state index contributed by atoms with van der Waals surface area (Å²) in [5.41, 5.74) is 1.50. The summed E-state index contributed by atoms with van der Waals surface area (Å²) in [7, 11) is 0. The van der Waals surface area contributed by atoms with E-state index in [9.17, 15) is 14.0 Å². The first-order chi connectivity index (χ1) is 15.3. The number of rotatable bonds is 12. The molecule has 0 saturated heterocycles. The van der Waals surface area contributed by atoms with Gasteiger partial charge in [0.2, 0.25) is 11.8 Å². The summed E-state index contributed by atoms with van der Waals surface area (Å²) in [5.74, 6) is 0.117. The molecule has 0 aliphatic carbocycles. The molecule has 0 heterocycles. The Morgan fingerprint density at radius 1 is 1.12 bits per heavy atom. The molecule has 0 bridgehead atoms. The van der Waals surface area contributed by atoms with E-state index in [1.54, 1.807) is 17.0 Å². The van der Waals surface area contributed by atoms with E-state index < -0.39 is 6.04 Å². The lowest BCUT2D eigenvalue weighted by atomic mass is 10.1. The van der Waals surface area contributed by atoms with E-state index in [1.807, 2.05) is 51.1 Å². The molecule has 32 heavy (non-hydrogen) atoms. The van der Waals surface area contributed by atoms with E-state index in [-0.39, 0.29) is 23.4 Å². The van der Waals surface area contributed by atoms with Gasteiger partial charge in [-0.15, -0.1) is 11.8 Å². The third-order valence-corrected chi connectivity index (χ3v) is 6.39. The van der Waals surface area contributed by atoms with Crippen molar-refractivity contribution in [3.63, 3.8) is 0 Å².